The second-order valence-corrected chi connectivity index (χ2v) is 9.88. The van der Waals surface area contributed by atoms with Gasteiger partial charge in [-0.05, 0) is 36.8 Å². The minimum absolute atomic E-state index is 0.0327. The number of nitrogens with zero attached hydrogens (tertiary/aromatic N) is 3. The normalized spacial score (nSPS) is 17.8. The van der Waals surface area contributed by atoms with Crippen molar-refractivity contribution in [3.05, 3.63) is 71.6 Å². The third-order valence-corrected chi connectivity index (χ3v) is 6.84. The van der Waals surface area contributed by atoms with E-state index >= 15 is 0 Å². The average molecular weight is 610 g/mol. The van der Waals surface area contributed by atoms with Gasteiger partial charge in [-0.1, -0.05) is 59.8 Å². The molecule has 1 aromatic heterocycles. The lowest BCUT2D eigenvalue weighted by Crippen LogP contribution is -2.56. The Bertz CT molecular complexity index is 1400. The first-order valence-corrected chi connectivity index (χ1v) is 13.3. The van der Waals surface area contributed by atoms with Crippen molar-refractivity contribution in [1.82, 2.24) is 25.7 Å². The number of rotatable bonds is 9. The van der Waals surface area contributed by atoms with Gasteiger partial charge in [-0.15, -0.1) is 0 Å². The van der Waals surface area contributed by atoms with E-state index in [1.165, 1.54) is 19.1 Å². The summed E-state index contributed by atoms with van der Waals surface area (Å²) in [4.78, 5) is 43.0. The Balaban J connectivity index is 1.35. The SMILES string of the molecule is C[C@H](NC(=O)[C@H]1C[C@@H](c2ccccc2)CCN1C(=O)OCC(F)F)C(=O)NCc1ccc(-c2noc(C(F)(F)F)n2)cc1. The lowest BCUT2D eigenvalue weighted by Gasteiger charge is -2.38. The molecule has 0 spiro atoms. The van der Waals surface area contributed by atoms with E-state index in [9.17, 15) is 36.3 Å². The molecule has 2 aromatic carbocycles. The van der Waals surface area contributed by atoms with Gasteiger partial charge in [0.25, 0.3) is 6.43 Å². The van der Waals surface area contributed by atoms with E-state index in [1.54, 1.807) is 12.1 Å². The topological polar surface area (TPSA) is 127 Å². The second-order valence-electron chi connectivity index (χ2n) is 9.88. The first kappa shape index (κ1) is 31.4. The average Bonchev–Trinajstić information content (AvgIpc) is 3.50. The molecule has 0 saturated carbocycles. The summed E-state index contributed by atoms with van der Waals surface area (Å²) >= 11 is 0. The fourth-order valence-electron chi connectivity index (χ4n) is 4.62. The number of aromatic nitrogens is 2. The van der Waals surface area contributed by atoms with Crippen LogP contribution in [-0.2, 0) is 27.0 Å². The minimum atomic E-state index is -4.77. The van der Waals surface area contributed by atoms with Crippen LogP contribution in [0.1, 0.15) is 42.7 Å². The molecule has 4 rings (SSSR count). The van der Waals surface area contributed by atoms with Crippen molar-refractivity contribution in [1.29, 1.82) is 0 Å². The van der Waals surface area contributed by atoms with Crippen molar-refractivity contribution in [2.75, 3.05) is 13.2 Å². The Morgan fingerprint density at radius 2 is 1.79 bits per heavy atom. The number of hydrogen-bond donors (Lipinski definition) is 2. The Labute approximate surface area is 242 Å². The highest BCUT2D eigenvalue weighted by Crippen LogP contribution is 2.32. The summed E-state index contributed by atoms with van der Waals surface area (Å²) in [6, 6.07) is 13.3. The van der Waals surface area contributed by atoms with Crippen LogP contribution in [0.15, 0.2) is 59.1 Å². The summed E-state index contributed by atoms with van der Waals surface area (Å²) in [6.45, 7) is 0.472. The molecule has 3 atom stereocenters. The molecule has 2 N–H and O–H groups in total. The first-order valence-electron chi connectivity index (χ1n) is 13.3. The maximum atomic E-state index is 13.3. The van der Waals surface area contributed by atoms with Gasteiger partial charge in [0, 0.05) is 18.7 Å². The van der Waals surface area contributed by atoms with E-state index in [4.69, 9.17) is 0 Å². The summed E-state index contributed by atoms with van der Waals surface area (Å²) in [7, 11) is 0. The van der Waals surface area contributed by atoms with Gasteiger partial charge >= 0.3 is 18.2 Å². The molecule has 10 nitrogen and oxygen atoms in total. The molecule has 15 heteroatoms. The van der Waals surface area contributed by atoms with Crippen LogP contribution in [0.3, 0.4) is 0 Å². The second kappa shape index (κ2) is 13.6. The van der Waals surface area contributed by atoms with Crippen molar-refractivity contribution in [2.45, 2.75) is 56.9 Å². The molecule has 2 heterocycles. The van der Waals surface area contributed by atoms with Crippen LogP contribution < -0.4 is 10.6 Å². The third-order valence-electron chi connectivity index (χ3n) is 6.84. The number of benzene rings is 2. The smallest absolute Gasteiger partial charge is 0.443 e. The minimum Gasteiger partial charge on any atom is -0.443 e. The van der Waals surface area contributed by atoms with E-state index in [0.717, 1.165) is 10.5 Å². The molecule has 0 unspecified atom stereocenters. The van der Waals surface area contributed by atoms with Crippen LogP contribution in [0.2, 0.25) is 0 Å². The van der Waals surface area contributed by atoms with Crippen molar-refractivity contribution >= 4 is 17.9 Å². The highest BCUT2D eigenvalue weighted by Gasteiger charge is 2.39. The molecule has 0 aliphatic carbocycles. The van der Waals surface area contributed by atoms with E-state index in [0.29, 0.717) is 12.0 Å². The van der Waals surface area contributed by atoms with Gasteiger partial charge < -0.3 is 19.9 Å². The molecule has 1 aliphatic rings. The lowest BCUT2D eigenvalue weighted by atomic mass is 9.85. The Morgan fingerprint density at radius 1 is 1.09 bits per heavy atom. The summed E-state index contributed by atoms with van der Waals surface area (Å²) in [5.74, 6) is -2.99. The number of likely N-dealkylation sites (tertiary alicyclic amines) is 1. The van der Waals surface area contributed by atoms with Crippen LogP contribution in [0.4, 0.5) is 26.7 Å². The fraction of sp³-hybridized carbons (Fsp3) is 0.393. The van der Waals surface area contributed by atoms with Crippen molar-refractivity contribution in [2.24, 2.45) is 0 Å². The summed E-state index contributed by atoms with van der Waals surface area (Å²) in [6.07, 6.45) is -7.98. The monoisotopic (exact) mass is 609 g/mol. The number of hydrogen-bond acceptors (Lipinski definition) is 7. The predicted molar refractivity (Wildman–Crippen MR) is 140 cm³/mol. The maximum Gasteiger partial charge on any atom is 0.471 e. The third kappa shape index (κ3) is 8.26. The molecular weight excluding hydrogens is 581 g/mol. The van der Waals surface area contributed by atoms with Crippen LogP contribution in [0.5, 0.6) is 0 Å². The molecule has 1 fully saturated rings. The largest absolute Gasteiger partial charge is 0.471 e. The molecule has 43 heavy (non-hydrogen) atoms. The number of halogens is 5. The zero-order valence-corrected chi connectivity index (χ0v) is 22.8. The maximum absolute atomic E-state index is 13.3. The quantitative estimate of drug-likeness (QED) is 0.342. The van der Waals surface area contributed by atoms with Crippen LogP contribution >= 0.6 is 0 Å². The number of carbonyl (C=O) groups is 3. The molecule has 3 aromatic rings. The number of nitrogens with one attached hydrogen (secondary N) is 2. The fourth-order valence-corrected chi connectivity index (χ4v) is 4.62. The van der Waals surface area contributed by atoms with Gasteiger partial charge in [0.1, 0.15) is 12.1 Å². The Hall–Kier alpha value is -4.56. The van der Waals surface area contributed by atoms with E-state index in [2.05, 4.69) is 30.0 Å². The molecule has 230 valence electrons. The summed E-state index contributed by atoms with van der Waals surface area (Å²) in [5, 5.41) is 8.56. The van der Waals surface area contributed by atoms with Gasteiger partial charge in [0.15, 0.2) is 6.61 Å². The molecule has 1 aliphatic heterocycles. The van der Waals surface area contributed by atoms with Gasteiger partial charge in [0.2, 0.25) is 17.6 Å². The van der Waals surface area contributed by atoms with Crippen molar-refractivity contribution in [3.63, 3.8) is 0 Å². The number of ether oxygens (including phenoxy) is 1. The van der Waals surface area contributed by atoms with E-state index in [1.807, 2.05) is 30.3 Å². The number of carbonyl (C=O) groups excluding carboxylic acids is 3. The molecule has 3 amide bonds. The Kier molecular flexibility index (Phi) is 9.93. The van der Waals surface area contributed by atoms with Crippen LogP contribution in [-0.4, -0.2) is 64.6 Å². The summed E-state index contributed by atoms with van der Waals surface area (Å²) in [5.41, 5.74) is 1.83. The standard InChI is InChI=1S/C28H28F5N5O5/c1-16(24(39)34-14-17-7-9-19(10-8-17)23-36-26(43-37-23)28(31,32)33)35-25(40)21-13-20(18-5-3-2-4-6-18)11-12-38(21)27(41)42-15-22(29)30/h2-10,16,20-22H,11-15H2,1H3,(H,34,39)(H,35,40)/t16-,20-,21+/m0/s1. The molecular formula is C28H28F5N5O5. The van der Waals surface area contributed by atoms with Crippen molar-refractivity contribution in [3.8, 4) is 11.4 Å². The van der Waals surface area contributed by atoms with E-state index < -0.39 is 55.1 Å². The van der Waals surface area contributed by atoms with Gasteiger partial charge in [0.05, 0.1) is 0 Å². The highest BCUT2D eigenvalue weighted by atomic mass is 19.4. The molecule has 1 saturated heterocycles. The van der Waals surface area contributed by atoms with E-state index in [-0.39, 0.29) is 36.8 Å². The van der Waals surface area contributed by atoms with Crippen molar-refractivity contribution < 1.29 is 45.6 Å². The molecule has 0 radical (unpaired) electrons. The van der Waals surface area contributed by atoms with Gasteiger partial charge in [-0.3, -0.25) is 14.5 Å². The Morgan fingerprint density at radius 3 is 2.42 bits per heavy atom. The zero-order valence-electron chi connectivity index (χ0n) is 22.8. The first-order chi connectivity index (χ1) is 20.4. The number of alkyl halides is 5. The van der Waals surface area contributed by atoms with Gasteiger partial charge in [-0.25, -0.2) is 13.6 Å². The van der Waals surface area contributed by atoms with Crippen LogP contribution in [0.25, 0.3) is 11.4 Å². The van der Waals surface area contributed by atoms with Crippen LogP contribution in [0, 0.1) is 0 Å². The van der Waals surface area contributed by atoms with Gasteiger partial charge in [-0.2, -0.15) is 18.2 Å². The number of piperidine rings is 1. The molecule has 0 bridgehead atoms. The zero-order chi connectivity index (χ0) is 31.1. The predicted octanol–water partition coefficient (Wildman–Crippen LogP) is 4.53. The summed E-state index contributed by atoms with van der Waals surface area (Å²) < 4.78 is 72.2. The lowest BCUT2D eigenvalue weighted by molar-refractivity contribution is -0.159. The highest BCUT2D eigenvalue weighted by molar-refractivity contribution is 5.91. The number of amides is 3.